The van der Waals surface area contributed by atoms with Gasteiger partial charge in [0.1, 0.15) is 5.82 Å². The molecule has 1 aromatic rings. The third-order valence-electron chi connectivity index (χ3n) is 2.66. The number of rotatable bonds is 8. The number of nitrogens with one attached hydrogen (secondary N) is 1. The molecule has 0 aliphatic rings. The summed E-state index contributed by atoms with van der Waals surface area (Å²) in [6.45, 7) is 8.40. The molecule has 1 atom stereocenters. The van der Waals surface area contributed by atoms with Gasteiger partial charge in [0.2, 0.25) is 0 Å². The molecular weight excluding hydrogens is 229 g/mol. The normalized spacial score (nSPS) is 12.9. The topological polar surface area (TPSA) is 21.3 Å². The number of hydrogen-bond donors (Lipinski definition) is 1. The summed E-state index contributed by atoms with van der Waals surface area (Å²) in [5.74, 6) is 0.330. The first-order valence-corrected chi connectivity index (χ1v) is 6.70. The van der Waals surface area contributed by atoms with Crippen LogP contribution in [0.15, 0.2) is 24.3 Å². The predicted octanol–water partition coefficient (Wildman–Crippen LogP) is 3.54. The molecular formula is C15H24FNO. The molecule has 0 saturated heterocycles. The maximum Gasteiger partial charge on any atom is 0.128 e. The van der Waals surface area contributed by atoms with Crippen molar-refractivity contribution in [3.05, 3.63) is 35.6 Å². The average Bonchev–Trinajstić information content (AvgIpc) is 2.34. The Morgan fingerprint density at radius 3 is 2.56 bits per heavy atom. The molecule has 1 unspecified atom stereocenters. The fourth-order valence-corrected chi connectivity index (χ4v) is 1.76. The van der Waals surface area contributed by atoms with Gasteiger partial charge in [-0.1, -0.05) is 39.0 Å². The van der Waals surface area contributed by atoms with E-state index in [1.54, 1.807) is 6.07 Å². The lowest BCUT2D eigenvalue weighted by molar-refractivity contribution is 0.0893. The standard InChI is InChI=1S/C15H24FNO/c1-4-9-17-15(11-18-10-12(2)3)13-7-5-6-8-14(13)16/h5-8,12,15,17H,4,9-11H2,1-3H3. The van der Waals surface area contributed by atoms with Crippen molar-refractivity contribution in [1.82, 2.24) is 5.32 Å². The highest BCUT2D eigenvalue weighted by Crippen LogP contribution is 2.17. The van der Waals surface area contributed by atoms with Gasteiger partial charge in [0.25, 0.3) is 0 Å². The van der Waals surface area contributed by atoms with Crippen LogP contribution < -0.4 is 5.32 Å². The Hall–Kier alpha value is -0.930. The number of hydrogen-bond acceptors (Lipinski definition) is 2. The molecule has 0 aliphatic carbocycles. The van der Waals surface area contributed by atoms with E-state index in [0.717, 1.165) is 13.0 Å². The van der Waals surface area contributed by atoms with Gasteiger partial charge >= 0.3 is 0 Å². The largest absolute Gasteiger partial charge is 0.379 e. The van der Waals surface area contributed by atoms with Crippen LogP contribution in [0.2, 0.25) is 0 Å². The second kappa shape index (κ2) is 8.22. The summed E-state index contributed by atoms with van der Waals surface area (Å²) in [5.41, 5.74) is 0.690. The van der Waals surface area contributed by atoms with Gasteiger partial charge < -0.3 is 10.1 Å². The van der Waals surface area contributed by atoms with Crippen LogP contribution in [0.1, 0.15) is 38.8 Å². The van der Waals surface area contributed by atoms with E-state index in [1.807, 2.05) is 12.1 Å². The van der Waals surface area contributed by atoms with Crippen molar-refractivity contribution >= 4 is 0 Å². The van der Waals surface area contributed by atoms with Crippen LogP contribution in [0.4, 0.5) is 4.39 Å². The second-order valence-corrected chi connectivity index (χ2v) is 4.96. The molecule has 1 rings (SSSR count). The van der Waals surface area contributed by atoms with Gasteiger partial charge in [0, 0.05) is 12.2 Å². The first-order valence-electron chi connectivity index (χ1n) is 6.70. The van der Waals surface area contributed by atoms with Gasteiger partial charge in [0.15, 0.2) is 0 Å². The van der Waals surface area contributed by atoms with Crippen LogP contribution in [0, 0.1) is 11.7 Å². The van der Waals surface area contributed by atoms with Gasteiger partial charge in [0.05, 0.1) is 12.6 Å². The Morgan fingerprint density at radius 2 is 1.94 bits per heavy atom. The van der Waals surface area contributed by atoms with Crippen LogP contribution in [-0.4, -0.2) is 19.8 Å². The highest BCUT2D eigenvalue weighted by molar-refractivity contribution is 5.21. The van der Waals surface area contributed by atoms with Crippen molar-refractivity contribution < 1.29 is 9.13 Å². The summed E-state index contributed by atoms with van der Waals surface area (Å²) in [5, 5.41) is 3.34. The minimum atomic E-state index is -0.167. The minimum absolute atomic E-state index is 0.0649. The predicted molar refractivity (Wildman–Crippen MR) is 73.1 cm³/mol. The van der Waals surface area contributed by atoms with E-state index in [1.165, 1.54) is 6.07 Å². The first kappa shape index (κ1) is 15.1. The molecule has 102 valence electrons. The van der Waals surface area contributed by atoms with Crippen molar-refractivity contribution in [2.75, 3.05) is 19.8 Å². The van der Waals surface area contributed by atoms with Gasteiger partial charge in [-0.2, -0.15) is 0 Å². The molecule has 3 heteroatoms. The highest BCUT2D eigenvalue weighted by Gasteiger charge is 2.14. The molecule has 1 N–H and O–H groups in total. The molecule has 1 aromatic carbocycles. The fourth-order valence-electron chi connectivity index (χ4n) is 1.76. The van der Waals surface area contributed by atoms with Crippen LogP contribution in [0.5, 0.6) is 0 Å². The molecule has 0 spiro atoms. The van der Waals surface area contributed by atoms with Crippen molar-refractivity contribution in [2.45, 2.75) is 33.2 Å². The Labute approximate surface area is 110 Å². The summed E-state index contributed by atoms with van der Waals surface area (Å²) in [6.07, 6.45) is 1.02. The minimum Gasteiger partial charge on any atom is -0.379 e. The van der Waals surface area contributed by atoms with Crippen molar-refractivity contribution in [3.63, 3.8) is 0 Å². The third kappa shape index (κ3) is 5.15. The Morgan fingerprint density at radius 1 is 1.22 bits per heavy atom. The maximum absolute atomic E-state index is 13.8. The van der Waals surface area contributed by atoms with E-state index in [9.17, 15) is 4.39 Å². The number of ether oxygens (including phenoxy) is 1. The summed E-state index contributed by atoms with van der Waals surface area (Å²) in [7, 11) is 0. The maximum atomic E-state index is 13.8. The lowest BCUT2D eigenvalue weighted by atomic mass is 10.1. The molecule has 0 amide bonds. The first-order chi connectivity index (χ1) is 8.65. The zero-order valence-electron chi connectivity index (χ0n) is 11.6. The van der Waals surface area contributed by atoms with Crippen LogP contribution in [-0.2, 0) is 4.74 Å². The lowest BCUT2D eigenvalue weighted by Crippen LogP contribution is -2.27. The molecule has 0 fully saturated rings. The molecule has 0 aliphatic heterocycles. The Balaban J connectivity index is 2.62. The summed E-state index contributed by atoms with van der Waals surface area (Å²) in [4.78, 5) is 0. The van der Waals surface area contributed by atoms with Crippen LogP contribution in [0.3, 0.4) is 0 Å². The van der Waals surface area contributed by atoms with Gasteiger partial charge in [-0.15, -0.1) is 0 Å². The van der Waals surface area contributed by atoms with E-state index in [2.05, 4.69) is 26.1 Å². The smallest absolute Gasteiger partial charge is 0.128 e. The fraction of sp³-hybridized carbons (Fsp3) is 0.600. The molecule has 0 radical (unpaired) electrons. The van der Waals surface area contributed by atoms with E-state index < -0.39 is 0 Å². The molecule has 0 saturated carbocycles. The second-order valence-electron chi connectivity index (χ2n) is 4.96. The zero-order chi connectivity index (χ0) is 13.4. The van der Waals surface area contributed by atoms with Gasteiger partial charge in [-0.25, -0.2) is 4.39 Å². The molecule has 2 nitrogen and oxygen atoms in total. The highest BCUT2D eigenvalue weighted by atomic mass is 19.1. The SMILES string of the molecule is CCCNC(COCC(C)C)c1ccccc1F. The van der Waals surface area contributed by atoms with E-state index in [0.29, 0.717) is 24.7 Å². The molecule has 0 heterocycles. The quantitative estimate of drug-likeness (QED) is 0.765. The van der Waals surface area contributed by atoms with Crippen molar-refractivity contribution in [3.8, 4) is 0 Å². The summed E-state index contributed by atoms with van der Waals surface area (Å²) < 4.78 is 19.4. The lowest BCUT2D eigenvalue weighted by Gasteiger charge is -2.20. The van der Waals surface area contributed by atoms with Gasteiger partial charge in [-0.05, 0) is 24.9 Å². The van der Waals surface area contributed by atoms with E-state index in [-0.39, 0.29) is 11.9 Å². The number of halogens is 1. The van der Waals surface area contributed by atoms with Crippen molar-refractivity contribution in [2.24, 2.45) is 5.92 Å². The van der Waals surface area contributed by atoms with Crippen LogP contribution >= 0.6 is 0 Å². The number of benzene rings is 1. The van der Waals surface area contributed by atoms with Gasteiger partial charge in [-0.3, -0.25) is 0 Å². The third-order valence-corrected chi connectivity index (χ3v) is 2.66. The summed E-state index contributed by atoms with van der Waals surface area (Å²) >= 11 is 0. The monoisotopic (exact) mass is 253 g/mol. The molecule has 18 heavy (non-hydrogen) atoms. The average molecular weight is 253 g/mol. The Kier molecular flexibility index (Phi) is 6.91. The van der Waals surface area contributed by atoms with Crippen molar-refractivity contribution in [1.29, 1.82) is 0 Å². The molecule has 0 aromatic heterocycles. The van der Waals surface area contributed by atoms with Crippen LogP contribution in [0.25, 0.3) is 0 Å². The van der Waals surface area contributed by atoms with E-state index in [4.69, 9.17) is 4.74 Å². The molecule has 0 bridgehead atoms. The van der Waals surface area contributed by atoms with E-state index >= 15 is 0 Å². The zero-order valence-corrected chi connectivity index (χ0v) is 11.6. The summed E-state index contributed by atoms with van der Waals surface area (Å²) in [6, 6.07) is 6.83. The Bertz CT molecular complexity index is 341.